The monoisotopic (exact) mass is 499 g/mol. The number of amides is 1. The van der Waals surface area contributed by atoms with Crippen molar-refractivity contribution in [1.29, 1.82) is 0 Å². The highest BCUT2D eigenvalue weighted by Crippen LogP contribution is 2.26. The Bertz CT molecular complexity index is 1210. The zero-order valence-electron chi connectivity index (χ0n) is 20.3. The SMILES string of the molecule is Cc1cccc(N2CCN(CCNC(=O)C(C)SCc3nc4sc(C)c(C)c4c(=O)[nH]3)CC2)c1. The van der Waals surface area contributed by atoms with Gasteiger partial charge in [-0.2, -0.15) is 0 Å². The minimum Gasteiger partial charge on any atom is -0.369 e. The maximum absolute atomic E-state index is 12.6. The number of nitrogens with zero attached hydrogens (tertiary/aromatic N) is 3. The molecule has 0 bridgehead atoms. The maximum Gasteiger partial charge on any atom is 0.259 e. The number of benzene rings is 1. The lowest BCUT2D eigenvalue weighted by molar-refractivity contribution is -0.120. The molecule has 1 aromatic carbocycles. The third-order valence-corrected chi connectivity index (χ3v) is 8.65. The van der Waals surface area contributed by atoms with Crippen LogP contribution in [0.1, 0.15) is 28.8 Å². The molecule has 1 unspecified atom stereocenters. The summed E-state index contributed by atoms with van der Waals surface area (Å²) >= 11 is 3.03. The summed E-state index contributed by atoms with van der Waals surface area (Å²) in [6, 6.07) is 8.65. The van der Waals surface area contributed by atoms with E-state index in [0.29, 0.717) is 23.5 Å². The first-order chi connectivity index (χ1) is 16.3. The van der Waals surface area contributed by atoms with E-state index in [1.807, 2.05) is 20.8 Å². The third kappa shape index (κ3) is 5.82. The Morgan fingerprint density at radius 3 is 2.74 bits per heavy atom. The van der Waals surface area contributed by atoms with Crippen molar-refractivity contribution in [2.24, 2.45) is 0 Å². The van der Waals surface area contributed by atoms with Crippen molar-refractivity contribution in [1.82, 2.24) is 20.2 Å². The van der Waals surface area contributed by atoms with Crippen LogP contribution in [0.4, 0.5) is 5.69 Å². The number of thioether (sulfide) groups is 1. The van der Waals surface area contributed by atoms with Crippen LogP contribution in [-0.2, 0) is 10.5 Å². The molecule has 0 radical (unpaired) electrons. The molecule has 1 aliphatic rings. The first-order valence-corrected chi connectivity index (χ1v) is 13.6. The largest absolute Gasteiger partial charge is 0.369 e. The molecule has 1 fully saturated rings. The number of aromatic amines is 1. The van der Waals surface area contributed by atoms with Crippen molar-refractivity contribution in [3.8, 4) is 0 Å². The standard InChI is InChI=1S/C25H33N5O2S2/c1-16-6-5-7-20(14-16)30-12-10-29(11-13-30)9-8-26-23(31)19(4)33-15-21-27-24(32)22-17(2)18(3)34-25(22)28-21/h5-7,14,19H,8-13,15H2,1-4H3,(H,26,31)(H,27,28,32). The van der Waals surface area contributed by atoms with E-state index >= 15 is 0 Å². The van der Waals surface area contributed by atoms with E-state index in [2.05, 4.69) is 56.3 Å². The molecule has 3 aromatic rings. The maximum atomic E-state index is 12.6. The molecule has 0 saturated carbocycles. The van der Waals surface area contributed by atoms with Crippen LogP contribution >= 0.6 is 23.1 Å². The molecule has 1 aliphatic heterocycles. The topological polar surface area (TPSA) is 81.3 Å². The van der Waals surface area contributed by atoms with Crippen molar-refractivity contribution in [3.05, 3.63) is 56.4 Å². The van der Waals surface area contributed by atoms with Gasteiger partial charge in [-0.15, -0.1) is 23.1 Å². The molecule has 9 heteroatoms. The number of thiophene rings is 1. The summed E-state index contributed by atoms with van der Waals surface area (Å²) in [6.07, 6.45) is 0. The zero-order valence-corrected chi connectivity index (χ0v) is 21.9. The normalized spacial score (nSPS) is 15.6. The van der Waals surface area contributed by atoms with E-state index in [1.165, 1.54) is 23.0 Å². The zero-order chi connectivity index (χ0) is 24.2. The van der Waals surface area contributed by atoms with E-state index in [0.717, 1.165) is 48.0 Å². The molecule has 0 aliphatic carbocycles. The third-order valence-electron chi connectivity index (χ3n) is 6.39. The number of piperazine rings is 1. The van der Waals surface area contributed by atoms with Crippen molar-refractivity contribution in [3.63, 3.8) is 0 Å². The Kier molecular flexibility index (Phi) is 7.95. The molecular formula is C25H33N5O2S2. The smallest absolute Gasteiger partial charge is 0.259 e. The van der Waals surface area contributed by atoms with Crippen LogP contribution in [0.15, 0.2) is 29.1 Å². The predicted molar refractivity (Wildman–Crippen MR) is 143 cm³/mol. The molecule has 0 spiro atoms. The van der Waals surface area contributed by atoms with Gasteiger partial charge in [0.1, 0.15) is 10.7 Å². The minimum absolute atomic E-state index is 0.0228. The van der Waals surface area contributed by atoms with E-state index in [1.54, 1.807) is 11.3 Å². The summed E-state index contributed by atoms with van der Waals surface area (Å²) in [6.45, 7) is 13.5. The molecule has 2 aromatic heterocycles. The highest BCUT2D eigenvalue weighted by molar-refractivity contribution is 7.99. The van der Waals surface area contributed by atoms with Gasteiger partial charge in [0.05, 0.1) is 16.4 Å². The second kappa shape index (κ2) is 10.9. The number of hydrogen-bond donors (Lipinski definition) is 2. The number of H-pyrrole nitrogens is 1. The van der Waals surface area contributed by atoms with Crippen LogP contribution in [0.2, 0.25) is 0 Å². The minimum atomic E-state index is -0.217. The van der Waals surface area contributed by atoms with Gasteiger partial charge < -0.3 is 15.2 Å². The lowest BCUT2D eigenvalue weighted by atomic mass is 10.2. The fourth-order valence-corrected chi connectivity index (χ4v) is 6.01. The van der Waals surface area contributed by atoms with Crippen LogP contribution in [0.5, 0.6) is 0 Å². The lowest BCUT2D eigenvalue weighted by Crippen LogP contribution is -2.48. The Morgan fingerprint density at radius 1 is 1.24 bits per heavy atom. The molecule has 34 heavy (non-hydrogen) atoms. The van der Waals surface area contributed by atoms with Gasteiger partial charge >= 0.3 is 0 Å². The second-order valence-corrected chi connectivity index (χ2v) is 11.4. The summed E-state index contributed by atoms with van der Waals surface area (Å²) in [4.78, 5) is 39.2. The molecule has 182 valence electrons. The molecule has 1 atom stereocenters. The number of anilines is 1. The van der Waals surface area contributed by atoms with Crippen molar-refractivity contribution in [2.75, 3.05) is 44.2 Å². The average Bonchev–Trinajstić information content (AvgIpc) is 3.11. The Labute approximate surface area is 209 Å². The Morgan fingerprint density at radius 2 is 2.00 bits per heavy atom. The number of hydrogen-bond acceptors (Lipinski definition) is 7. The lowest BCUT2D eigenvalue weighted by Gasteiger charge is -2.36. The molecule has 1 saturated heterocycles. The van der Waals surface area contributed by atoms with Gasteiger partial charge in [-0.05, 0) is 51.0 Å². The predicted octanol–water partition coefficient (Wildman–Crippen LogP) is 3.47. The molecular weight excluding hydrogens is 466 g/mol. The number of aryl methyl sites for hydroxylation is 3. The van der Waals surface area contributed by atoms with Crippen molar-refractivity contribution < 1.29 is 4.79 Å². The Hall–Kier alpha value is -2.36. The van der Waals surface area contributed by atoms with Gasteiger partial charge in [-0.3, -0.25) is 14.5 Å². The number of rotatable bonds is 8. The van der Waals surface area contributed by atoms with Crippen molar-refractivity contribution in [2.45, 2.75) is 38.7 Å². The summed E-state index contributed by atoms with van der Waals surface area (Å²) in [7, 11) is 0. The fraction of sp³-hybridized carbons (Fsp3) is 0.480. The van der Waals surface area contributed by atoms with Crippen LogP contribution in [0.3, 0.4) is 0 Å². The number of aromatic nitrogens is 2. The highest BCUT2D eigenvalue weighted by atomic mass is 32.2. The van der Waals surface area contributed by atoms with Gasteiger partial charge in [0.15, 0.2) is 0 Å². The van der Waals surface area contributed by atoms with E-state index in [9.17, 15) is 9.59 Å². The van der Waals surface area contributed by atoms with E-state index in [-0.39, 0.29) is 16.7 Å². The van der Waals surface area contributed by atoms with Gasteiger partial charge in [0.25, 0.3) is 5.56 Å². The van der Waals surface area contributed by atoms with E-state index < -0.39 is 0 Å². The first kappa shape index (κ1) is 24.8. The number of carbonyl (C=O) groups is 1. The van der Waals surface area contributed by atoms with Crippen LogP contribution < -0.4 is 15.8 Å². The van der Waals surface area contributed by atoms with Crippen LogP contribution in [0.25, 0.3) is 10.2 Å². The first-order valence-electron chi connectivity index (χ1n) is 11.7. The number of carbonyl (C=O) groups excluding carboxylic acids is 1. The fourth-order valence-electron chi connectivity index (χ4n) is 4.18. The molecule has 3 heterocycles. The number of nitrogens with one attached hydrogen (secondary N) is 2. The van der Waals surface area contributed by atoms with Crippen molar-refractivity contribution >= 4 is 44.9 Å². The molecule has 4 rings (SSSR count). The van der Waals surface area contributed by atoms with Gasteiger partial charge in [0.2, 0.25) is 5.91 Å². The molecule has 1 amide bonds. The summed E-state index contributed by atoms with van der Waals surface area (Å²) < 4.78 is 0. The molecule has 7 nitrogen and oxygen atoms in total. The number of fused-ring (bicyclic) bond motifs is 1. The quantitative estimate of drug-likeness (QED) is 0.494. The second-order valence-electron chi connectivity index (χ2n) is 8.89. The molecule has 2 N–H and O–H groups in total. The summed E-state index contributed by atoms with van der Waals surface area (Å²) in [5, 5.41) is 3.53. The average molecular weight is 500 g/mol. The van der Waals surface area contributed by atoms with Crippen LogP contribution in [0, 0.1) is 20.8 Å². The summed E-state index contributed by atoms with van der Waals surface area (Å²) in [5.41, 5.74) is 3.48. The van der Waals surface area contributed by atoms with Gasteiger partial charge in [-0.25, -0.2) is 4.98 Å². The summed E-state index contributed by atoms with van der Waals surface area (Å²) in [5.74, 6) is 1.14. The van der Waals surface area contributed by atoms with Gasteiger partial charge in [-0.1, -0.05) is 12.1 Å². The Balaban J connectivity index is 1.19. The van der Waals surface area contributed by atoms with Crippen LogP contribution in [-0.4, -0.2) is 65.3 Å². The van der Waals surface area contributed by atoms with Gasteiger partial charge in [0, 0.05) is 49.8 Å². The van der Waals surface area contributed by atoms with E-state index in [4.69, 9.17) is 0 Å². The highest BCUT2D eigenvalue weighted by Gasteiger charge is 2.19.